The summed E-state index contributed by atoms with van der Waals surface area (Å²) in [5.74, 6) is -1.33. The van der Waals surface area contributed by atoms with E-state index in [0.717, 1.165) is 12.0 Å². The number of nitrogens with one attached hydrogen (secondary N) is 3. The van der Waals surface area contributed by atoms with Crippen LogP contribution in [0.1, 0.15) is 26.3 Å². The molecule has 0 fully saturated rings. The van der Waals surface area contributed by atoms with Gasteiger partial charge in [0.1, 0.15) is 6.04 Å². The predicted octanol–water partition coefficient (Wildman–Crippen LogP) is 3.58. The molecule has 0 saturated heterocycles. The second kappa shape index (κ2) is 10.8. The zero-order valence-corrected chi connectivity index (χ0v) is 16.9. The molecule has 3 N–H and O–H groups in total. The topological polar surface area (TPSA) is 96.5 Å². The molecule has 2 rings (SSSR count). The number of carbonyl (C=O) groups is 3. The maximum atomic E-state index is 12.4. The van der Waals surface area contributed by atoms with E-state index in [9.17, 15) is 14.4 Å². The summed E-state index contributed by atoms with van der Waals surface area (Å²) >= 11 is 0. The molecule has 1 atom stereocenters. The number of hydrogen-bond acceptors (Lipinski definition) is 4. The van der Waals surface area contributed by atoms with Crippen LogP contribution in [-0.2, 0) is 20.7 Å². The van der Waals surface area contributed by atoms with Gasteiger partial charge in [-0.2, -0.15) is 0 Å². The van der Waals surface area contributed by atoms with Crippen molar-refractivity contribution in [3.8, 4) is 0 Å². The predicted molar refractivity (Wildman–Crippen MR) is 113 cm³/mol. The maximum Gasteiger partial charge on any atom is 0.329 e. The van der Waals surface area contributed by atoms with Crippen molar-refractivity contribution in [1.82, 2.24) is 5.32 Å². The lowest BCUT2D eigenvalue weighted by molar-refractivity contribution is -0.150. The van der Waals surface area contributed by atoms with E-state index in [1.54, 1.807) is 50.2 Å². The number of benzene rings is 2. The highest BCUT2D eigenvalue weighted by Crippen LogP contribution is 2.10. The number of carbonyl (C=O) groups excluding carboxylic acids is 3. The zero-order valence-electron chi connectivity index (χ0n) is 16.9. The summed E-state index contributed by atoms with van der Waals surface area (Å²) in [7, 11) is 0. The smallest absolute Gasteiger partial charge is 0.329 e. The van der Waals surface area contributed by atoms with Gasteiger partial charge in [-0.1, -0.05) is 51.1 Å². The van der Waals surface area contributed by atoms with E-state index in [1.165, 1.54) is 0 Å². The Bertz CT molecular complexity index is 820. The molecule has 0 unspecified atom stereocenters. The lowest BCUT2D eigenvalue weighted by atomic mass is 10.1. The molecule has 3 amide bonds. The van der Waals surface area contributed by atoms with Crippen LogP contribution in [0.2, 0.25) is 0 Å². The molecule has 2 aromatic rings. The fourth-order valence-electron chi connectivity index (χ4n) is 2.57. The first-order valence-corrected chi connectivity index (χ1v) is 9.57. The number of amides is 3. The van der Waals surface area contributed by atoms with Gasteiger partial charge >= 0.3 is 12.0 Å². The SMILES string of the molecule is CCc1ccc(NC(=O)COC(=O)[C@H](NC(=O)Nc2ccccc2)C(C)C)cc1. The minimum absolute atomic E-state index is 0.214. The minimum atomic E-state index is -0.879. The van der Waals surface area contributed by atoms with E-state index >= 15 is 0 Å². The lowest BCUT2D eigenvalue weighted by Gasteiger charge is -2.21. The van der Waals surface area contributed by atoms with Crippen LogP contribution in [0, 0.1) is 5.92 Å². The molecular weight excluding hydrogens is 370 g/mol. The molecule has 0 spiro atoms. The van der Waals surface area contributed by atoms with Gasteiger partial charge in [0.2, 0.25) is 0 Å². The van der Waals surface area contributed by atoms with Crippen molar-refractivity contribution in [2.45, 2.75) is 33.2 Å². The van der Waals surface area contributed by atoms with E-state index < -0.39 is 30.6 Å². The lowest BCUT2D eigenvalue weighted by Crippen LogP contribution is -2.47. The third-order valence-corrected chi connectivity index (χ3v) is 4.23. The van der Waals surface area contributed by atoms with E-state index in [-0.39, 0.29) is 5.92 Å². The average Bonchev–Trinajstić information content (AvgIpc) is 2.71. The Labute approximate surface area is 170 Å². The second-order valence-corrected chi connectivity index (χ2v) is 6.89. The Morgan fingerprint density at radius 3 is 2.10 bits per heavy atom. The Hall–Kier alpha value is -3.35. The molecule has 0 aliphatic heterocycles. The number of anilines is 2. The van der Waals surface area contributed by atoms with E-state index in [0.29, 0.717) is 11.4 Å². The summed E-state index contributed by atoms with van der Waals surface area (Å²) < 4.78 is 5.10. The van der Waals surface area contributed by atoms with Crippen LogP contribution in [0.3, 0.4) is 0 Å². The number of esters is 1. The molecule has 0 saturated carbocycles. The van der Waals surface area contributed by atoms with Crippen molar-refractivity contribution < 1.29 is 19.1 Å². The Balaban J connectivity index is 1.84. The van der Waals surface area contributed by atoms with Crippen molar-refractivity contribution in [1.29, 1.82) is 0 Å². The van der Waals surface area contributed by atoms with Crippen LogP contribution < -0.4 is 16.0 Å². The van der Waals surface area contributed by atoms with Gasteiger partial charge in [0, 0.05) is 11.4 Å². The first-order valence-electron chi connectivity index (χ1n) is 9.57. The van der Waals surface area contributed by atoms with Crippen LogP contribution in [0.5, 0.6) is 0 Å². The standard InChI is InChI=1S/C22H27N3O4/c1-4-16-10-12-18(13-11-16)23-19(26)14-29-21(27)20(15(2)3)25-22(28)24-17-8-6-5-7-9-17/h5-13,15,20H,4,14H2,1-3H3,(H,23,26)(H2,24,25,28)/t20-/m1/s1. The molecular formula is C22H27N3O4. The normalized spacial score (nSPS) is 11.4. The van der Waals surface area contributed by atoms with Crippen molar-refractivity contribution in [3.63, 3.8) is 0 Å². The van der Waals surface area contributed by atoms with Gasteiger partial charge in [0.15, 0.2) is 6.61 Å². The molecule has 154 valence electrons. The summed E-state index contributed by atoms with van der Waals surface area (Å²) in [6, 6.07) is 14.9. The van der Waals surface area contributed by atoms with Gasteiger partial charge in [0.25, 0.3) is 5.91 Å². The van der Waals surface area contributed by atoms with Gasteiger partial charge in [-0.25, -0.2) is 9.59 Å². The summed E-state index contributed by atoms with van der Waals surface area (Å²) in [5.41, 5.74) is 2.40. The Morgan fingerprint density at radius 1 is 0.897 bits per heavy atom. The molecule has 29 heavy (non-hydrogen) atoms. The molecule has 7 heteroatoms. The Morgan fingerprint density at radius 2 is 1.52 bits per heavy atom. The highest BCUT2D eigenvalue weighted by Gasteiger charge is 2.26. The number of ether oxygens (including phenoxy) is 1. The van der Waals surface area contributed by atoms with Crippen molar-refractivity contribution in [2.75, 3.05) is 17.2 Å². The highest BCUT2D eigenvalue weighted by molar-refractivity contribution is 5.95. The Kier molecular flexibility index (Phi) is 8.21. The van der Waals surface area contributed by atoms with Crippen molar-refractivity contribution in [2.24, 2.45) is 5.92 Å². The van der Waals surface area contributed by atoms with E-state index in [4.69, 9.17) is 4.74 Å². The maximum absolute atomic E-state index is 12.4. The number of hydrogen-bond donors (Lipinski definition) is 3. The molecule has 0 aliphatic rings. The number of urea groups is 1. The molecule has 0 radical (unpaired) electrons. The average molecular weight is 397 g/mol. The molecule has 0 aliphatic carbocycles. The number of aryl methyl sites for hydroxylation is 1. The third kappa shape index (κ3) is 7.29. The molecule has 0 heterocycles. The minimum Gasteiger partial charge on any atom is -0.454 e. The summed E-state index contributed by atoms with van der Waals surface area (Å²) in [6.45, 7) is 5.18. The fourth-order valence-corrected chi connectivity index (χ4v) is 2.57. The van der Waals surface area contributed by atoms with Gasteiger partial charge in [-0.3, -0.25) is 4.79 Å². The van der Waals surface area contributed by atoms with Crippen LogP contribution in [-0.4, -0.2) is 30.6 Å². The monoisotopic (exact) mass is 397 g/mol. The van der Waals surface area contributed by atoms with Gasteiger partial charge in [-0.15, -0.1) is 0 Å². The third-order valence-electron chi connectivity index (χ3n) is 4.23. The van der Waals surface area contributed by atoms with Gasteiger partial charge in [0.05, 0.1) is 0 Å². The summed E-state index contributed by atoms with van der Waals surface area (Å²) in [6.07, 6.45) is 0.910. The summed E-state index contributed by atoms with van der Waals surface area (Å²) in [4.78, 5) is 36.6. The van der Waals surface area contributed by atoms with Crippen LogP contribution in [0.15, 0.2) is 54.6 Å². The molecule has 2 aromatic carbocycles. The first kappa shape index (κ1) is 21.9. The zero-order chi connectivity index (χ0) is 21.2. The van der Waals surface area contributed by atoms with Crippen molar-refractivity contribution >= 4 is 29.3 Å². The summed E-state index contributed by atoms with van der Waals surface area (Å²) in [5, 5.41) is 7.92. The molecule has 0 aromatic heterocycles. The second-order valence-electron chi connectivity index (χ2n) is 6.89. The highest BCUT2D eigenvalue weighted by atomic mass is 16.5. The number of rotatable bonds is 8. The molecule has 7 nitrogen and oxygen atoms in total. The van der Waals surface area contributed by atoms with E-state index in [1.807, 2.05) is 25.1 Å². The van der Waals surface area contributed by atoms with Crippen LogP contribution >= 0.6 is 0 Å². The quantitative estimate of drug-likeness (QED) is 0.593. The van der Waals surface area contributed by atoms with Crippen molar-refractivity contribution in [3.05, 3.63) is 60.2 Å². The van der Waals surface area contributed by atoms with Crippen LogP contribution in [0.25, 0.3) is 0 Å². The fraction of sp³-hybridized carbons (Fsp3) is 0.318. The molecule has 0 bridgehead atoms. The first-order chi connectivity index (χ1) is 13.9. The van der Waals surface area contributed by atoms with Gasteiger partial charge < -0.3 is 20.7 Å². The largest absolute Gasteiger partial charge is 0.454 e. The van der Waals surface area contributed by atoms with Crippen LogP contribution in [0.4, 0.5) is 16.2 Å². The van der Waals surface area contributed by atoms with E-state index in [2.05, 4.69) is 16.0 Å². The number of para-hydroxylation sites is 1. The van der Waals surface area contributed by atoms with Gasteiger partial charge in [-0.05, 0) is 42.2 Å².